The van der Waals surface area contributed by atoms with E-state index in [2.05, 4.69) is 10.6 Å². The number of amides is 2. The molecule has 2 amide bonds. The van der Waals surface area contributed by atoms with E-state index in [4.69, 9.17) is 32.7 Å². The lowest BCUT2D eigenvalue weighted by atomic mass is 9.67. The molecule has 10 heteroatoms. The Labute approximate surface area is 244 Å². The highest BCUT2D eigenvalue weighted by Gasteiger charge is 2.55. The van der Waals surface area contributed by atoms with Crippen LogP contribution in [0.4, 0.5) is 0 Å². The van der Waals surface area contributed by atoms with Crippen molar-refractivity contribution in [1.29, 1.82) is 0 Å². The molecule has 0 saturated carbocycles. The lowest BCUT2D eigenvalue weighted by Gasteiger charge is -2.51. The molecule has 8 nitrogen and oxygen atoms in total. The Morgan fingerprint density at radius 1 is 0.725 bits per heavy atom. The summed E-state index contributed by atoms with van der Waals surface area (Å²) >= 11 is 12.2. The van der Waals surface area contributed by atoms with Crippen molar-refractivity contribution in [1.82, 2.24) is 10.6 Å². The number of halogens is 2. The fraction of sp³-hybridized carbons (Fsp3) is 0.533. The van der Waals surface area contributed by atoms with Gasteiger partial charge in [-0.15, -0.1) is 0 Å². The molecule has 4 aliphatic heterocycles. The van der Waals surface area contributed by atoms with Gasteiger partial charge in [0, 0.05) is 10.0 Å². The van der Waals surface area contributed by atoms with E-state index in [-0.39, 0.29) is 11.8 Å². The first-order valence-electron chi connectivity index (χ1n) is 13.5. The van der Waals surface area contributed by atoms with Crippen LogP contribution in [0.3, 0.4) is 0 Å². The Kier molecular flexibility index (Phi) is 7.52. The molecule has 2 aromatic rings. The van der Waals surface area contributed by atoms with Gasteiger partial charge in [-0.25, -0.2) is 0 Å². The minimum absolute atomic E-state index is 0.0727. The second-order valence-corrected chi connectivity index (χ2v) is 13.1. The number of carbonyl (C=O) groups excluding carboxylic acids is 2. The third-order valence-electron chi connectivity index (χ3n) is 8.69. The van der Waals surface area contributed by atoms with Gasteiger partial charge in [0.1, 0.15) is 11.1 Å². The Hall–Kier alpha value is -2.20. The maximum atomic E-state index is 12.6. The number of nitrogens with one attached hydrogen (secondary N) is 2. The molecule has 6 rings (SSSR count). The van der Waals surface area contributed by atoms with Crippen molar-refractivity contribution in [2.24, 2.45) is 0 Å². The highest BCUT2D eigenvalue weighted by molar-refractivity contribution is 6.31. The van der Waals surface area contributed by atoms with Crippen LogP contribution in [-0.4, -0.2) is 60.7 Å². The molecule has 216 valence electrons. The zero-order valence-electron chi connectivity index (χ0n) is 23.1. The van der Waals surface area contributed by atoms with E-state index in [1.165, 1.54) is 0 Å². The molecule has 0 bridgehead atoms. The van der Waals surface area contributed by atoms with Crippen LogP contribution in [0.1, 0.15) is 62.8 Å². The van der Waals surface area contributed by atoms with Crippen LogP contribution in [0.15, 0.2) is 36.4 Å². The predicted molar refractivity (Wildman–Crippen MR) is 151 cm³/mol. The van der Waals surface area contributed by atoms with Crippen LogP contribution in [0.5, 0.6) is 0 Å². The number of hydrogen-bond donors (Lipinski definition) is 4. The van der Waals surface area contributed by atoms with Crippen LogP contribution in [-0.2, 0) is 41.0 Å². The van der Waals surface area contributed by atoms with Gasteiger partial charge >= 0.3 is 0 Å². The van der Waals surface area contributed by atoms with Crippen LogP contribution in [0, 0.1) is 0 Å². The third kappa shape index (κ3) is 4.72. The Morgan fingerprint density at radius 3 is 1.35 bits per heavy atom. The third-order valence-corrected chi connectivity index (χ3v) is 9.16. The lowest BCUT2D eigenvalue weighted by molar-refractivity contribution is -0.143. The van der Waals surface area contributed by atoms with Gasteiger partial charge in [-0.2, -0.15) is 0 Å². The molecule has 0 aliphatic carbocycles. The first-order valence-corrected chi connectivity index (χ1v) is 14.3. The molecule has 2 spiro atoms. The number of aliphatic hydroxyl groups excluding tert-OH is 2. The molecule has 40 heavy (non-hydrogen) atoms. The standard InChI is InChI=1S/2C15H18ClNO3/c2*1-9(18)6-14(2)12-5-10(16)3-4-11(12)15(7-20-8-15)17-13(14)19/h2*3-5,9,18H,6-8H2,1-2H3,(H,17,19)/t2*9-,14-/m10/s1. The van der Waals surface area contributed by atoms with Gasteiger partial charge in [-0.05, 0) is 87.1 Å². The molecule has 0 aromatic heterocycles. The molecule has 4 heterocycles. The van der Waals surface area contributed by atoms with Gasteiger partial charge in [0.05, 0.1) is 49.5 Å². The second kappa shape index (κ2) is 10.3. The zero-order chi connectivity index (χ0) is 29.1. The molecule has 0 unspecified atom stereocenters. The highest BCUT2D eigenvalue weighted by atomic mass is 35.5. The lowest BCUT2D eigenvalue weighted by Crippen LogP contribution is -2.66. The van der Waals surface area contributed by atoms with Gasteiger partial charge in [0.2, 0.25) is 11.8 Å². The molecule has 0 radical (unpaired) electrons. The number of benzene rings is 2. The quantitative estimate of drug-likeness (QED) is 0.433. The van der Waals surface area contributed by atoms with Crippen LogP contribution in [0.2, 0.25) is 10.0 Å². The average Bonchev–Trinajstić information content (AvgIpc) is 2.82. The fourth-order valence-corrected chi connectivity index (χ4v) is 6.87. The van der Waals surface area contributed by atoms with Crippen molar-refractivity contribution < 1.29 is 29.3 Å². The van der Waals surface area contributed by atoms with Crippen molar-refractivity contribution in [3.8, 4) is 0 Å². The van der Waals surface area contributed by atoms with Gasteiger partial charge in [0.25, 0.3) is 0 Å². The monoisotopic (exact) mass is 590 g/mol. The molecule has 4 aliphatic rings. The van der Waals surface area contributed by atoms with Crippen molar-refractivity contribution in [2.45, 2.75) is 74.7 Å². The van der Waals surface area contributed by atoms with Crippen LogP contribution < -0.4 is 10.6 Å². The van der Waals surface area contributed by atoms with E-state index in [9.17, 15) is 19.8 Å². The van der Waals surface area contributed by atoms with Crippen molar-refractivity contribution in [3.63, 3.8) is 0 Å². The largest absolute Gasteiger partial charge is 0.393 e. The van der Waals surface area contributed by atoms with E-state index in [0.29, 0.717) is 49.3 Å². The van der Waals surface area contributed by atoms with Crippen LogP contribution >= 0.6 is 23.2 Å². The van der Waals surface area contributed by atoms with Crippen molar-refractivity contribution in [3.05, 3.63) is 68.7 Å². The first-order chi connectivity index (χ1) is 18.7. The number of hydrogen-bond acceptors (Lipinski definition) is 6. The minimum atomic E-state index is -0.769. The number of ether oxygens (including phenoxy) is 2. The fourth-order valence-electron chi connectivity index (χ4n) is 6.53. The van der Waals surface area contributed by atoms with Crippen molar-refractivity contribution >= 4 is 35.0 Å². The zero-order valence-corrected chi connectivity index (χ0v) is 24.7. The maximum Gasteiger partial charge on any atom is 0.231 e. The summed E-state index contributed by atoms with van der Waals surface area (Å²) in [5.41, 5.74) is 1.53. The van der Waals surface area contributed by atoms with E-state index in [1.807, 2.05) is 50.2 Å². The summed E-state index contributed by atoms with van der Waals surface area (Å²) in [5.74, 6) is -0.145. The molecule has 2 aromatic carbocycles. The van der Waals surface area contributed by atoms with Gasteiger partial charge in [0.15, 0.2) is 0 Å². The molecular formula is C30H36Cl2N2O6. The van der Waals surface area contributed by atoms with E-state index in [0.717, 1.165) is 22.3 Å². The molecule has 2 fully saturated rings. The average molecular weight is 592 g/mol. The normalized spacial score (nSPS) is 28.5. The highest BCUT2D eigenvalue weighted by Crippen LogP contribution is 2.46. The summed E-state index contributed by atoms with van der Waals surface area (Å²) in [6.45, 7) is 9.04. The Balaban J connectivity index is 0.000000161. The topological polar surface area (TPSA) is 117 Å². The molecule has 4 N–H and O–H groups in total. The summed E-state index contributed by atoms with van der Waals surface area (Å²) in [7, 11) is 0. The first kappa shape index (κ1) is 29.3. The SMILES string of the molecule is C[C@@H](O)C[C@@]1(C)C(=O)NC2(COC2)c2ccc(Cl)cc21.C[C@H](O)C[C@]1(C)C(=O)NC2(COC2)c2ccc(Cl)cc21. The number of carbonyl (C=O) groups is 2. The van der Waals surface area contributed by atoms with Crippen molar-refractivity contribution in [2.75, 3.05) is 26.4 Å². The van der Waals surface area contributed by atoms with E-state index >= 15 is 0 Å². The Bertz CT molecular complexity index is 1240. The second-order valence-electron chi connectivity index (χ2n) is 12.2. The minimum Gasteiger partial charge on any atom is -0.393 e. The van der Waals surface area contributed by atoms with Crippen LogP contribution in [0.25, 0.3) is 0 Å². The molecule has 2 saturated heterocycles. The van der Waals surface area contributed by atoms with E-state index < -0.39 is 34.1 Å². The van der Waals surface area contributed by atoms with Gasteiger partial charge in [-0.1, -0.05) is 35.3 Å². The number of aliphatic hydroxyl groups is 2. The summed E-state index contributed by atoms with van der Waals surface area (Å²) in [6.07, 6.45) is -0.403. The maximum absolute atomic E-state index is 12.6. The number of rotatable bonds is 4. The summed E-state index contributed by atoms with van der Waals surface area (Å²) in [6, 6.07) is 11.3. The Morgan fingerprint density at radius 2 is 1.07 bits per heavy atom. The smallest absolute Gasteiger partial charge is 0.231 e. The predicted octanol–water partition coefficient (Wildman–Crippen LogP) is 3.45. The van der Waals surface area contributed by atoms with Gasteiger partial charge in [-0.3, -0.25) is 9.59 Å². The summed E-state index contributed by atoms with van der Waals surface area (Å²) in [5, 5.41) is 26.9. The molecule has 4 atom stereocenters. The number of fused-ring (bicyclic) bond motifs is 4. The summed E-state index contributed by atoms with van der Waals surface area (Å²) < 4.78 is 10.6. The molecular weight excluding hydrogens is 555 g/mol. The van der Waals surface area contributed by atoms with Gasteiger partial charge < -0.3 is 30.3 Å². The summed E-state index contributed by atoms with van der Waals surface area (Å²) in [4.78, 5) is 25.2. The van der Waals surface area contributed by atoms with E-state index in [1.54, 1.807) is 13.8 Å².